The minimum Gasteiger partial charge on any atom is -0.389 e. The van der Waals surface area contributed by atoms with Crippen molar-refractivity contribution in [2.24, 2.45) is 0 Å². The molecule has 0 bridgehead atoms. The summed E-state index contributed by atoms with van der Waals surface area (Å²) < 4.78 is 13.2. The zero-order valence-electron chi connectivity index (χ0n) is 9.78. The summed E-state index contributed by atoms with van der Waals surface area (Å²) in [6.45, 7) is 4.84. The third-order valence-electron chi connectivity index (χ3n) is 3.30. The second-order valence-corrected chi connectivity index (χ2v) is 4.56. The number of nitrogens with zero attached hydrogens (tertiary/aromatic N) is 1. The molecule has 2 atom stereocenters. The van der Waals surface area contributed by atoms with Crippen LogP contribution in [-0.2, 0) is 0 Å². The Kier molecular flexibility index (Phi) is 3.15. The lowest BCUT2D eigenvalue weighted by Crippen LogP contribution is -2.27. The van der Waals surface area contributed by atoms with Crippen molar-refractivity contribution < 1.29 is 9.50 Å². The molecule has 0 radical (unpaired) electrons. The van der Waals surface area contributed by atoms with Gasteiger partial charge < -0.3 is 10.0 Å². The summed E-state index contributed by atoms with van der Waals surface area (Å²) in [5.74, 6) is -0.286. The number of rotatable bonds is 2. The molecule has 0 aliphatic carbocycles. The number of hydrogen-bond donors (Lipinski definition) is 1. The van der Waals surface area contributed by atoms with Gasteiger partial charge in [-0.1, -0.05) is 0 Å². The van der Waals surface area contributed by atoms with Gasteiger partial charge in [-0.3, -0.25) is 0 Å². The van der Waals surface area contributed by atoms with E-state index in [-0.39, 0.29) is 5.82 Å². The second kappa shape index (κ2) is 4.42. The van der Waals surface area contributed by atoms with Crippen molar-refractivity contribution in [3.05, 3.63) is 29.6 Å². The number of hydrogen-bond acceptors (Lipinski definition) is 2. The van der Waals surface area contributed by atoms with E-state index in [1.807, 2.05) is 0 Å². The van der Waals surface area contributed by atoms with Gasteiger partial charge in [0.15, 0.2) is 0 Å². The first-order valence-electron chi connectivity index (χ1n) is 5.83. The topological polar surface area (TPSA) is 23.5 Å². The van der Waals surface area contributed by atoms with Crippen LogP contribution in [-0.4, -0.2) is 17.7 Å². The third kappa shape index (κ3) is 2.05. The quantitative estimate of drug-likeness (QED) is 0.833. The van der Waals surface area contributed by atoms with Gasteiger partial charge in [-0.05, 0) is 44.9 Å². The van der Waals surface area contributed by atoms with Crippen molar-refractivity contribution >= 4 is 5.69 Å². The van der Waals surface area contributed by atoms with E-state index in [0.717, 1.165) is 25.1 Å². The van der Waals surface area contributed by atoms with Gasteiger partial charge in [0, 0.05) is 23.8 Å². The van der Waals surface area contributed by atoms with Crippen molar-refractivity contribution in [1.82, 2.24) is 0 Å². The SMILES string of the molecule is CC1CCCN1c1ccc(F)cc1[C@H](C)O. The molecule has 1 unspecified atom stereocenters. The molecule has 2 rings (SSSR count). The largest absolute Gasteiger partial charge is 0.389 e. The van der Waals surface area contributed by atoms with Crippen LogP contribution in [0.15, 0.2) is 18.2 Å². The lowest BCUT2D eigenvalue weighted by Gasteiger charge is -2.27. The summed E-state index contributed by atoms with van der Waals surface area (Å²) in [6, 6.07) is 5.15. The molecule has 0 spiro atoms. The summed E-state index contributed by atoms with van der Waals surface area (Å²) in [7, 11) is 0. The molecule has 0 aromatic heterocycles. The van der Waals surface area contributed by atoms with Gasteiger partial charge >= 0.3 is 0 Å². The van der Waals surface area contributed by atoms with E-state index in [0.29, 0.717) is 11.6 Å². The Morgan fingerprint density at radius 1 is 1.50 bits per heavy atom. The van der Waals surface area contributed by atoms with Crippen LogP contribution in [0.3, 0.4) is 0 Å². The molecule has 88 valence electrons. The van der Waals surface area contributed by atoms with Crippen molar-refractivity contribution in [3.63, 3.8) is 0 Å². The van der Waals surface area contributed by atoms with Gasteiger partial charge in [-0.15, -0.1) is 0 Å². The van der Waals surface area contributed by atoms with Crippen LogP contribution in [0.1, 0.15) is 38.4 Å². The van der Waals surface area contributed by atoms with E-state index >= 15 is 0 Å². The predicted octanol–water partition coefficient (Wildman–Crippen LogP) is 2.87. The molecule has 1 heterocycles. The molecule has 1 aromatic carbocycles. The van der Waals surface area contributed by atoms with Crippen molar-refractivity contribution in [2.75, 3.05) is 11.4 Å². The minimum atomic E-state index is -0.626. The van der Waals surface area contributed by atoms with E-state index < -0.39 is 6.10 Å². The number of halogens is 1. The summed E-state index contributed by atoms with van der Waals surface area (Å²) in [5.41, 5.74) is 1.66. The molecule has 0 amide bonds. The summed E-state index contributed by atoms with van der Waals surface area (Å²) in [4.78, 5) is 2.25. The van der Waals surface area contributed by atoms with Gasteiger partial charge in [0.05, 0.1) is 6.10 Å². The smallest absolute Gasteiger partial charge is 0.123 e. The Hall–Kier alpha value is -1.09. The number of aliphatic hydroxyl groups is 1. The van der Waals surface area contributed by atoms with Gasteiger partial charge in [-0.25, -0.2) is 4.39 Å². The maximum absolute atomic E-state index is 13.2. The average Bonchev–Trinajstić information content (AvgIpc) is 2.64. The van der Waals surface area contributed by atoms with Crippen LogP contribution in [0.5, 0.6) is 0 Å². The molecular formula is C13H18FNO. The fraction of sp³-hybridized carbons (Fsp3) is 0.538. The van der Waals surface area contributed by atoms with E-state index in [1.54, 1.807) is 13.0 Å². The van der Waals surface area contributed by atoms with Gasteiger partial charge in [0.25, 0.3) is 0 Å². The molecule has 1 fully saturated rings. The molecule has 1 N–H and O–H groups in total. The summed E-state index contributed by atoms with van der Waals surface area (Å²) >= 11 is 0. The van der Waals surface area contributed by atoms with Crippen LogP contribution in [0.2, 0.25) is 0 Å². The predicted molar refractivity (Wildman–Crippen MR) is 63.1 cm³/mol. The molecule has 1 saturated heterocycles. The van der Waals surface area contributed by atoms with Crippen LogP contribution in [0, 0.1) is 5.82 Å². The lowest BCUT2D eigenvalue weighted by atomic mass is 10.1. The third-order valence-corrected chi connectivity index (χ3v) is 3.30. The minimum absolute atomic E-state index is 0.286. The highest BCUT2D eigenvalue weighted by molar-refractivity contribution is 5.56. The van der Waals surface area contributed by atoms with E-state index in [9.17, 15) is 9.50 Å². The zero-order valence-corrected chi connectivity index (χ0v) is 9.78. The van der Waals surface area contributed by atoms with Crippen molar-refractivity contribution in [2.45, 2.75) is 38.8 Å². The Labute approximate surface area is 95.7 Å². The second-order valence-electron chi connectivity index (χ2n) is 4.56. The monoisotopic (exact) mass is 223 g/mol. The molecular weight excluding hydrogens is 205 g/mol. The van der Waals surface area contributed by atoms with E-state index in [4.69, 9.17) is 0 Å². The number of aliphatic hydroxyl groups excluding tert-OH is 1. The molecule has 3 heteroatoms. The molecule has 1 aliphatic heterocycles. The van der Waals surface area contributed by atoms with Crippen LogP contribution in [0.25, 0.3) is 0 Å². The first-order chi connectivity index (χ1) is 7.59. The first-order valence-corrected chi connectivity index (χ1v) is 5.83. The fourth-order valence-corrected chi connectivity index (χ4v) is 2.41. The standard InChI is InChI=1S/C13H18FNO/c1-9-4-3-7-15(9)13-6-5-11(14)8-12(13)10(2)16/h5-6,8-10,16H,3-4,7H2,1-2H3/t9?,10-/m0/s1. The Morgan fingerprint density at radius 3 is 2.81 bits per heavy atom. The molecule has 0 saturated carbocycles. The normalized spacial score (nSPS) is 22.5. The van der Waals surface area contributed by atoms with Gasteiger partial charge in [0.2, 0.25) is 0 Å². The molecule has 16 heavy (non-hydrogen) atoms. The highest BCUT2D eigenvalue weighted by atomic mass is 19.1. The van der Waals surface area contributed by atoms with Gasteiger partial charge in [0.1, 0.15) is 5.82 Å². The van der Waals surface area contributed by atoms with Crippen molar-refractivity contribution in [3.8, 4) is 0 Å². The Bertz CT molecular complexity index is 378. The van der Waals surface area contributed by atoms with E-state index in [1.165, 1.54) is 12.1 Å². The Morgan fingerprint density at radius 2 is 2.25 bits per heavy atom. The number of benzene rings is 1. The Balaban J connectivity index is 2.39. The average molecular weight is 223 g/mol. The maximum Gasteiger partial charge on any atom is 0.123 e. The van der Waals surface area contributed by atoms with Gasteiger partial charge in [-0.2, -0.15) is 0 Å². The highest BCUT2D eigenvalue weighted by Gasteiger charge is 2.23. The maximum atomic E-state index is 13.2. The molecule has 1 aliphatic rings. The highest BCUT2D eigenvalue weighted by Crippen LogP contribution is 2.32. The van der Waals surface area contributed by atoms with E-state index in [2.05, 4.69) is 11.8 Å². The van der Waals surface area contributed by atoms with Crippen LogP contribution in [0.4, 0.5) is 10.1 Å². The molecule has 2 nitrogen and oxygen atoms in total. The summed E-state index contributed by atoms with van der Waals surface area (Å²) in [5, 5.41) is 9.68. The zero-order chi connectivity index (χ0) is 11.7. The van der Waals surface area contributed by atoms with Crippen LogP contribution < -0.4 is 4.90 Å². The summed E-state index contributed by atoms with van der Waals surface area (Å²) in [6.07, 6.45) is 1.70. The van der Waals surface area contributed by atoms with Crippen LogP contribution >= 0.6 is 0 Å². The fourth-order valence-electron chi connectivity index (χ4n) is 2.41. The lowest BCUT2D eigenvalue weighted by molar-refractivity contribution is 0.199. The first kappa shape index (κ1) is 11.4. The number of anilines is 1. The molecule has 1 aromatic rings. The van der Waals surface area contributed by atoms with Crippen molar-refractivity contribution in [1.29, 1.82) is 0 Å².